The first-order chi connectivity index (χ1) is 10.7. The van der Waals surface area contributed by atoms with Gasteiger partial charge in [0, 0.05) is 6.20 Å². The Morgan fingerprint density at radius 1 is 0.955 bits per heavy atom. The molecule has 110 valence electrons. The smallest absolute Gasteiger partial charge is 0.267 e. The van der Waals surface area contributed by atoms with E-state index in [1.807, 2.05) is 23.8 Å². The van der Waals surface area contributed by atoms with Gasteiger partial charge in [0.2, 0.25) is 0 Å². The zero-order valence-electron chi connectivity index (χ0n) is 11.7. The van der Waals surface area contributed by atoms with Crippen LogP contribution in [0.25, 0.3) is 0 Å². The van der Waals surface area contributed by atoms with Crippen LogP contribution >= 0.6 is 22.7 Å². The summed E-state index contributed by atoms with van der Waals surface area (Å²) in [4.78, 5) is 31.8. The van der Waals surface area contributed by atoms with Crippen molar-refractivity contribution in [1.29, 1.82) is 0 Å². The molecule has 2 amide bonds. The first-order valence-electron chi connectivity index (χ1n) is 6.55. The number of nitrogens with zero attached hydrogens (tertiary/aromatic N) is 2. The minimum absolute atomic E-state index is 0.336. The highest BCUT2D eigenvalue weighted by Crippen LogP contribution is 2.22. The normalized spacial score (nSPS) is 10.4. The van der Waals surface area contributed by atoms with Crippen molar-refractivity contribution in [3.63, 3.8) is 0 Å². The number of anilines is 1. The van der Waals surface area contributed by atoms with Gasteiger partial charge in [-0.15, -0.1) is 22.7 Å². The molecule has 3 aromatic rings. The second kappa shape index (κ2) is 6.21. The minimum Gasteiger partial charge on any atom is -0.267 e. The van der Waals surface area contributed by atoms with Gasteiger partial charge in [0.15, 0.2) is 0 Å². The van der Waals surface area contributed by atoms with Crippen molar-refractivity contribution >= 4 is 40.3 Å². The number of imide groups is 1. The predicted molar refractivity (Wildman–Crippen MR) is 88.8 cm³/mol. The van der Waals surface area contributed by atoms with Crippen molar-refractivity contribution in [3.05, 3.63) is 68.7 Å². The van der Waals surface area contributed by atoms with Gasteiger partial charge in [0.05, 0.1) is 9.75 Å². The summed E-state index contributed by atoms with van der Waals surface area (Å²) in [7, 11) is 0. The third-order valence-electron chi connectivity index (χ3n) is 2.99. The van der Waals surface area contributed by atoms with Gasteiger partial charge in [0.1, 0.15) is 5.82 Å². The number of aromatic nitrogens is 1. The maximum absolute atomic E-state index is 12.7. The number of rotatable bonds is 3. The molecule has 0 radical (unpaired) electrons. The second-order valence-corrected chi connectivity index (χ2v) is 6.49. The predicted octanol–water partition coefficient (Wildman–Crippen LogP) is 4.00. The maximum atomic E-state index is 12.7. The molecule has 3 rings (SSSR count). The van der Waals surface area contributed by atoms with Crippen LogP contribution in [-0.2, 0) is 0 Å². The van der Waals surface area contributed by atoms with Gasteiger partial charge in [-0.2, -0.15) is 0 Å². The standard InChI is InChI=1S/C16H12N2O2S2/c1-11-6-7-14(17-10-11)18(15(19)12-4-2-8-21-12)16(20)13-5-3-9-22-13/h2-10H,1H3. The summed E-state index contributed by atoms with van der Waals surface area (Å²) in [6.07, 6.45) is 1.64. The number of hydrogen-bond donors (Lipinski definition) is 0. The average molecular weight is 328 g/mol. The van der Waals surface area contributed by atoms with E-state index in [-0.39, 0.29) is 11.8 Å². The van der Waals surface area contributed by atoms with E-state index in [9.17, 15) is 9.59 Å². The fraction of sp³-hybridized carbons (Fsp3) is 0.0625. The van der Waals surface area contributed by atoms with Crippen molar-refractivity contribution in [1.82, 2.24) is 4.98 Å². The number of carbonyl (C=O) groups is 2. The molecule has 0 aliphatic carbocycles. The number of thiophene rings is 2. The van der Waals surface area contributed by atoms with Crippen LogP contribution in [0.4, 0.5) is 5.82 Å². The van der Waals surface area contributed by atoms with E-state index in [2.05, 4.69) is 4.98 Å². The van der Waals surface area contributed by atoms with Crippen LogP contribution in [0.2, 0.25) is 0 Å². The van der Waals surface area contributed by atoms with Gasteiger partial charge in [-0.1, -0.05) is 18.2 Å². The Balaban J connectivity index is 2.04. The molecule has 22 heavy (non-hydrogen) atoms. The summed E-state index contributed by atoms with van der Waals surface area (Å²) < 4.78 is 0. The van der Waals surface area contributed by atoms with Crippen LogP contribution < -0.4 is 4.90 Å². The van der Waals surface area contributed by atoms with Gasteiger partial charge < -0.3 is 0 Å². The van der Waals surface area contributed by atoms with Crippen molar-refractivity contribution < 1.29 is 9.59 Å². The Morgan fingerprint density at radius 2 is 1.55 bits per heavy atom. The Kier molecular flexibility index (Phi) is 4.13. The third kappa shape index (κ3) is 2.84. The first-order valence-corrected chi connectivity index (χ1v) is 8.31. The van der Waals surface area contributed by atoms with Gasteiger partial charge in [-0.3, -0.25) is 9.59 Å². The fourth-order valence-corrected chi connectivity index (χ4v) is 3.22. The number of carbonyl (C=O) groups excluding carboxylic acids is 2. The van der Waals surface area contributed by atoms with Gasteiger partial charge >= 0.3 is 0 Å². The molecular formula is C16H12N2O2S2. The molecule has 0 aliphatic rings. The molecular weight excluding hydrogens is 316 g/mol. The third-order valence-corrected chi connectivity index (χ3v) is 4.71. The molecule has 0 bridgehead atoms. The number of hydrogen-bond acceptors (Lipinski definition) is 5. The van der Waals surface area contributed by atoms with Crippen molar-refractivity contribution in [3.8, 4) is 0 Å². The summed E-state index contributed by atoms with van der Waals surface area (Å²) in [5, 5.41) is 3.62. The van der Waals surface area contributed by atoms with Crippen LogP contribution in [0.15, 0.2) is 53.4 Å². The molecule has 4 nitrogen and oxygen atoms in total. The Morgan fingerprint density at radius 3 is 1.95 bits per heavy atom. The first kappa shape index (κ1) is 14.6. The highest BCUT2D eigenvalue weighted by atomic mass is 32.1. The Bertz CT molecular complexity index is 732. The average Bonchev–Trinajstić information content (AvgIpc) is 3.22. The summed E-state index contributed by atoms with van der Waals surface area (Å²) in [5.41, 5.74) is 0.968. The van der Waals surface area contributed by atoms with E-state index in [1.54, 1.807) is 36.5 Å². The molecule has 0 aliphatic heterocycles. The Hall–Kier alpha value is -2.31. The van der Waals surface area contributed by atoms with E-state index < -0.39 is 0 Å². The zero-order chi connectivity index (χ0) is 15.5. The molecule has 3 aromatic heterocycles. The second-order valence-electron chi connectivity index (χ2n) is 4.59. The summed E-state index contributed by atoms with van der Waals surface area (Å²) in [6, 6.07) is 10.5. The number of aryl methyl sites for hydroxylation is 1. The molecule has 6 heteroatoms. The van der Waals surface area contributed by atoms with Gasteiger partial charge in [0.25, 0.3) is 11.8 Å². The molecule has 0 saturated heterocycles. The highest BCUT2D eigenvalue weighted by Gasteiger charge is 2.28. The summed E-state index contributed by atoms with van der Waals surface area (Å²) in [5.74, 6) is -0.378. The Labute approximate surface area is 135 Å². The van der Waals surface area contributed by atoms with E-state index in [1.165, 1.54) is 22.7 Å². The van der Waals surface area contributed by atoms with Gasteiger partial charge in [-0.25, -0.2) is 9.88 Å². The van der Waals surface area contributed by atoms with E-state index in [0.29, 0.717) is 15.6 Å². The van der Waals surface area contributed by atoms with Crippen LogP contribution in [0.5, 0.6) is 0 Å². The fourth-order valence-electron chi connectivity index (χ4n) is 1.91. The molecule has 3 heterocycles. The lowest BCUT2D eigenvalue weighted by molar-refractivity contribution is 0.0901. The lowest BCUT2D eigenvalue weighted by Crippen LogP contribution is -2.36. The molecule has 0 spiro atoms. The topological polar surface area (TPSA) is 50.3 Å². The SMILES string of the molecule is Cc1ccc(N(C(=O)c2cccs2)C(=O)c2cccs2)nc1. The minimum atomic E-state index is -0.357. The van der Waals surface area contributed by atoms with E-state index in [0.717, 1.165) is 10.5 Å². The molecule has 0 N–H and O–H groups in total. The highest BCUT2D eigenvalue weighted by molar-refractivity contribution is 7.13. The van der Waals surface area contributed by atoms with Crippen molar-refractivity contribution in [2.24, 2.45) is 0 Å². The number of amides is 2. The van der Waals surface area contributed by atoms with Gasteiger partial charge in [-0.05, 0) is 41.4 Å². The molecule has 0 atom stereocenters. The lowest BCUT2D eigenvalue weighted by atomic mass is 10.3. The van der Waals surface area contributed by atoms with E-state index >= 15 is 0 Å². The largest absolute Gasteiger partial charge is 0.276 e. The van der Waals surface area contributed by atoms with Crippen LogP contribution in [0.3, 0.4) is 0 Å². The number of pyridine rings is 1. The molecule has 0 unspecified atom stereocenters. The lowest BCUT2D eigenvalue weighted by Gasteiger charge is -2.18. The zero-order valence-corrected chi connectivity index (χ0v) is 13.4. The molecule has 0 fully saturated rings. The van der Waals surface area contributed by atoms with Crippen LogP contribution in [0.1, 0.15) is 24.9 Å². The summed E-state index contributed by atoms with van der Waals surface area (Å²) >= 11 is 2.61. The summed E-state index contributed by atoms with van der Waals surface area (Å²) in [6.45, 7) is 1.91. The maximum Gasteiger partial charge on any atom is 0.276 e. The van der Waals surface area contributed by atoms with Crippen molar-refractivity contribution in [2.75, 3.05) is 4.90 Å². The van der Waals surface area contributed by atoms with Crippen molar-refractivity contribution in [2.45, 2.75) is 6.92 Å². The van der Waals surface area contributed by atoms with Crippen LogP contribution in [0, 0.1) is 6.92 Å². The quantitative estimate of drug-likeness (QED) is 0.683. The van der Waals surface area contributed by atoms with E-state index in [4.69, 9.17) is 0 Å². The molecule has 0 saturated carbocycles. The monoisotopic (exact) mass is 328 g/mol. The molecule has 0 aromatic carbocycles. The van der Waals surface area contributed by atoms with Crippen LogP contribution in [-0.4, -0.2) is 16.8 Å².